The van der Waals surface area contributed by atoms with E-state index in [4.69, 9.17) is 4.74 Å². The van der Waals surface area contributed by atoms with Gasteiger partial charge in [-0.3, -0.25) is 4.79 Å². The van der Waals surface area contributed by atoms with Gasteiger partial charge < -0.3 is 15.4 Å². The van der Waals surface area contributed by atoms with Crippen molar-refractivity contribution < 1.29 is 9.53 Å². The van der Waals surface area contributed by atoms with Gasteiger partial charge in [-0.25, -0.2) is 0 Å². The SMILES string of the molecule is COc1cc2c(cc1Br)NCNC2=O. The smallest absolute Gasteiger partial charge is 0.254 e. The molecule has 0 aromatic heterocycles. The minimum Gasteiger partial charge on any atom is -0.496 e. The van der Waals surface area contributed by atoms with Crippen LogP contribution >= 0.6 is 15.9 Å². The van der Waals surface area contributed by atoms with E-state index in [0.717, 1.165) is 10.2 Å². The van der Waals surface area contributed by atoms with Gasteiger partial charge in [0.15, 0.2) is 0 Å². The van der Waals surface area contributed by atoms with Crippen LogP contribution in [0.15, 0.2) is 16.6 Å². The first-order valence-corrected chi connectivity index (χ1v) is 4.91. The highest BCUT2D eigenvalue weighted by Crippen LogP contribution is 2.32. The van der Waals surface area contributed by atoms with Gasteiger partial charge in [0.1, 0.15) is 5.75 Å². The van der Waals surface area contributed by atoms with E-state index in [2.05, 4.69) is 26.6 Å². The summed E-state index contributed by atoms with van der Waals surface area (Å²) >= 11 is 3.36. The third kappa shape index (κ3) is 1.43. The molecule has 1 amide bonds. The van der Waals surface area contributed by atoms with Crippen molar-refractivity contribution in [2.75, 3.05) is 19.1 Å². The second-order valence-electron chi connectivity index (χ2n) is 2.89. The predicted octanol–water partition coefficient (Wildman–Crippen LogP) is 1.57. The second-order valence-corrected chi connectivity index (χ2v) is 3.75. The Kier molecular flexibility index (Phi) is 2.33. The van der Waals surface area contributed by atoms with E-state index in [-0.39, 0.29) is 5.91 Å². The second kappa shape index (κ2) is 3.49. The fourth-order valence-electron chi connectivity index (χ4n) is 1.36. The molecule has 74 valence electrons. The van der Waals surface area contributed by atoms with Crippen LogP contribution in [-0.2, 0) is 0 Å². The van der Waals surface area contributed by atoms with Gasteiger partial charge in [-0.2, -0.15) is 0 Å². The molecule has 0 bridgehead atoms. The summed E-state index contributed by atoms with van der Waals surface area (Å²) in [5.41, 5.74) is 1.43. The molecule has 2 rings (SSSR count). The first-order valence-electron chi connectivity index (χ1n) is 4.12. The van der Waals surface area contributed by atoms with E-state index in [1.807, 2.05) is 6.07 Å². The highest BCUT2D eigenvalue weighted by Gasteiger charge is 2.18. The van der Waals surface area contributed by atoms with Crippen LogP contribution in [0, 0.1) is 0 Å². The zero-order valence-electron chi connectivity index (χ0n) is 7.56. The van der Waals surface area contributed by atoms with E-state index >= 15 is 0 Å². The molecule has 1 aliphatic rings. The quantitative estimate of drug-likeness (QED) is 0.802. The minimum absolute atomic E-state index is 0.0791. The number of carbonyl (C=O) groups excluding carboxylic acids is 1. The summed E-state index contributed by atoms with van der Waals surface area (Å²) in [4.78, 5) is 11.4. The largest absolute Gasteiger partial charge is 0.496 e. The maximum absolute atomic E-state index is 11.4. The number of benzene rings is 1. The van der Waals surface area contributed by atoms with Crippen LogP contribution in [0.1, 0.15) is 10.4 Å². The van der Waals surface area contributed by atoms with E-state index in [0.29, 0.717) is 18.0 Å². The number of fused-ring (bicyclic) bond motifs is 1. The Hall–Kier alpha value is -1.23. The van der Waals surface area contributed by atoms with Crippen molar-refractivity contribution in [3.05, 3.63) is 22.2 Å². The number of halogens is 1. The van der Waals surface area contributed by atoms with Crippen LogP contribution in [0.4, 0.5) is 5.69 Å². The van der Waals surface area contributed by atoms with Crippen LogP contribution in [0.25, 0.3) is 0 Å². The van der Waals surface area contributed by atoms with E-state index < -0.39 is 0 Å². The zero-order valence-corrected chi connectivity index (χ0v) is 9.14. The summed E-state index contributed by atoms with van der Waals surface area (Å²) < 4.78 is 5.94. The summed E-state index contributed by atoms with van der Waals surface area (Å²) in [6, 6.07) is 3.55. The van der Waals surface area contributed by atoms with Crippen LogP contribution in [0.5, 0.6) is 5.75 Å². The molecule has 0 unspecified atom stereocenters. The number of anilines is 1. The minimum atomic E-state index is -0.0791. The topological polar surface area (TPSA) is 50.4 Å². The normalized spacial score (nSPS) is 14.0. The molecule has 4 nitrogen and oxygen atoms in total. The van der Waals surface area contributed by atoms with Crippen molar-refractivity contribution in [2.24, 2.45) is 0 Å². The number of nitrogens with one attached hydrogen (secondary N) is 2. The lowest BCUT2D eigenvalue weighted by atomic mass is 10.1. The first kappa shape index (κ1) is 9.33. The number of ether oxygens (including phenoxy) is 1. The van der Waals surface area contributed by atoms with Crippen molar-refractivity contribution in [3.63, 3.8) is 0 Å². The Balaban J connectivity index is 2.54. The summed E-state index contributed by atoms with van der Waals surface area (Å²) in [5, 5.41) is 5.76. The Morgan fingerprint density at radius 3 is 2.93 bits per heavy atom. The molecular formula is C9H9BrN2O2. The average molecular weight is 257 g/mol. The lowest BCUT2D eigenvalue weighted by Crippen LogP contribution is -2.34. The molecule has 0 radical (unpaired) electrons. The summed E-state index contributed by atoms with van der Waals surface area (Å²) in [6.07, 6.45) is 0. The third-order valence-corrected chi connectivity index (χ3v) is 2.68. The van der Waals surface area contributed by atoms with Gasteiger partial charge in [0, 0.05) is 5.69 Å². The van der Waals surface area contributed by atoms with Gasteiger partial charge >= 0.3 is 0 Å². The van der Waals surface area contributed by atoms with E-state index in [1.54, 1.807) is 13.2 Å². The predicted molar refractivity (Wildman–Crippen MR) is 56.6 cm³/mol. The van der Waals surface area contributed by atoms with Crippen molar-refractivity contribution in [1.29, 1.82) is 0 Å². The van der Waals surface area contributed by atoms with Gasteiger partial charge in [0.25, 0.3) is 5.91 Å². The molecule has 1 heterocycles. The average Bonchev–Trinajstić information content (AvgIpc) is 2.17. The van der Waals surface area contributed by atoms with Gasteiger partial charge in [0.2, 0.25) is 0 Å². The molecular weight excluding hydrogens is 248 g/mol. The Morgan fingerprint density at radius 2 is 2.21 bits per heavy atom. The third-order valence-electron chi connectivity index (χ3n) is 2.06. The fraction of sp³-hybridized carbons (Fsp3) is 0.222. The van der Waals surface area contributed by atoms with Gasteiger partial charge in [-0.1, -0.05) is 0 Å². The highest BCUT2D eigenvalue weighted by atomic mass is 79.9. The maximum Gasteiger partial charge on any atom is 0.254 e. The monoisotopic (exact) mass is 256 g/mol. The Labute approximate surface area is 89.8 Å². The molecule has 2 N–H and O–H groups in total. The number of rotatable bonds is 1. The molecule has 1 aliphatic heterocycles. The molecule has 1 aromatic carbocycles. The number of carbonyl (C=O) groups is 1. The van der Waals surface area contributed by atoms with Crippen molar-refractivity contribution in [2.45, 2.75) is 0 Å². The molecule has 0 fully saturated rings. The fourth-order valence-corrected chi connectivity index (χ4v) is 1.86. The van der Waals surface area contributed by atoms with E-state index in [1.165, 1.54) is 0 Å². The van der Waals surface area contributed by atoms with Crippen LogP contribution in [0.3, 0.4) is 0 Å². The van der Waals surface area contributed by atoms with Gasteiger partial charge in [0.05, 0.1) is 23.8 Å². The van der Waals surface area contributed by atoms with E-state index in [9.17, 15) is 4.79 Å². The molecule has 0 atom stereocenters. The maximum atomic E-state index is 11.4. The molecule has 0 spiro atoms. The lowest BCUT2D eigenvalue weighted by molar-refractivity contribution is 0.0952. The van der Waals surface area contributed by atoms with Gasteiger partial charge in [-0.05, 0) is 28.1 Å². The molecule has 5 heteroatoms. The van der Waals surface area contributed by atoms with Crippen molar-refractivity contribution in [1.82, 2.24) is 5.32 Å². The highest BCUT2D eigenvalue weighted by molar-refractivity contribution is 9.10. The molecule has 0 aliphatic carbocycles. The number of hydrogen-bond acceptors (Lipinski definition) is 3. The number of amides is 1. The van der Waals surface area contributed by atoms with Crippen LogP contribution in [0.2, 0.25) is 0 Å². The van der Waals surface area contributed by atoms with Crippen molar-refractivity contribution >= 4 is 27.5 Å². The summed E-state index contributed by atoms with van der Waals surface area (Å²) in [6.45, 7) is 0.463. The first-order chi connectivity index (χ1) is 6.72. The van der Waals surface area contributed by atoms with Crippen LogP contribution < -0.4 is 15.4 Å². The lowest BCUT2D eigenvalue weighted by Gasteiger charge is -2.19. The molecule has 1 aromatic rings. The molecule has 0 saturated carbocycles. The van der Waals surface area contributed by atoms with Gasteiger partial charge in [-0.15, -0.1) is 0 Å². The standard InChI is InChI=1S/C9H9BrN2O2/c1-14-8-2-5-7(3-6(8)10)11-4-12-9(5)13/h2-3,11H,4H2,1H3,(H,12,13). The summed E-state index contributed by atoms with van der Waals surface area (Å²) in [5.74, 6) is 0.576. The summed E-state index contributed by atoms with van der Waals surface area (Å²) in [7, 11) is 1.57. The number of methoxy groups -OCH3 is 1. The van der Waals surface area contributed by atoms with Crippen LogP contribution in [-0.4, -0.2) is 19.7 Å². The Bertz CT molecular complexity index is 393. The number of hydrogen-bond donors (Lipinski definition) is 2. The Morgan fingerprint density at radius 1 is 1.43 bits per heavy atom. The molecule has 14 heavy (non-hydrogen) atoms. The van der Waals surface area contributed by atoms with Crippen molar-refractivity contribution in [3.8, 4) is 5.75 Å². The zero-order chi connectivity index (χ0) is 10.1. The molecule has 0 saturated heterocycles.